The first-order valence-electron chi connectivity index (χ1n) is 19.3. The number of rotatable bonds is 28. The predicted molar refractivity (Wildman–Crippen MR) is 219 cm³/mol. The van der Waals surface area contributed by atoms with Crippen LogP contribution in [0.25, 0.3) is 0 Å². The second-order valence-corrected chi connectivity index (χ2v) is 16.0. The van der Waals surface area contributed by atoms with Crippen LogP contribution in [0.5, 0.6) is 11.5 Å². The van der Waals surface area contributed by atoms with Crippen LogP contribution in [0.15, 0.2) is 73.1 Å². The molecule has 0 spiro atoms. The molecule has 4 atom stereocenters. The first-order chi connectivity index (χ1) is 26.7. The van der Waals surface area contributed by atoms with Gasteiger partial charge in [0.2, 0.25) is 11.8 Å². The van der Waals surface area contributed by atoms with Gasteiger partial charge in [0.1, 0.15) is 41.9 Å². The maximum atomic E-state index is 12.3. The summed E-state index contributed by atoms with van der Waals surface area (Å²) in [7, 11) is 0. The maximum absolute atomic E-state index is 12.3. The fourth-order valence-corrected chi connectivity index (χ4v) is 7.61. The average molecular weight is 795 g/mol. The quantitative estimate of drug-likeness (QED) is 0.0431. The Hall–Kier alpha value is -3.92. The molecule has 2 amide bonds. The molecule has 0 bridgehead atoms. The number of carbonyl (C=O) groups excluding carboxylic acids is 2. The highest BCUT2D eigenvalue weighted by atomic mass is 32.1. The Morgan fingerprint density at radius 1 is 0.691 bits per heavy atom. The minimum atomic E-state index is -0.634. The van der Waals surface area contributed by atoms with E-state index < -0.39 is 12.2 Å². The number of amides is 2. The molecule has 0 radical (unpaired) electrons. The topological polar surface area (TPSA) is 167 Å². The smallest absolute Gasteiger partial charge is 0.220 e. The number of aliphatic hydroxyl groups excluding tert-OH is 2. The lowest BCUT2D eigenvalue weighted by atomic mass is 10.2. The number of nitrogens with zero attached hydrogens (tertiary/aromatic N) is 2. The van der Waals surface area contributed by atoms with Crippen LogP contribution in [0.2, 0.25) is 0 Å². The number of para-hydroxylation sites is 2. The molecule has 0 saturated carbocycles. The van der Waals surface area contributed by atoms with Crippen molar-refractivity contribution in [2.45, 2.75) is 95.9 Å². The summed E-state index contributed by atoms with van der Waals surface area (Å²) in [6.07, 6.45) is 8.95. The largest absolute Gasteiger partial charge is 0.491 e. The Balaban J connectivity index is 0.949. The zero-order valence-corrected chi connectivity index (χ0v) is 33.7. The van der Waals surface area contributed by atoms with Crippen molar-refractivity contribution < 1.29 is 29.3 Å². The number of nitrogens with one attached hydrogen (secondary N) is 4. The molecule has 2 unspecified atom stereocenters. The molecule has 4 rings (SSSR count). The maximum Gasteiger partial charge on any atom is 0.220 e. The molecule has 2 aromatic carbocycles. The van der Waals surface area contributed by atoms with Gasteiger partial charge in [-0.3, -0.25) is 9.59 Å². The number of aromatic nitrogens is 2. The molecule has 0 saturated heterocycles. The van der Waals surface area contributed by atoms with Gasteiger partial charge < -0.3 is 41.0 Å². The molecule has 0 fully saturated rings. The Morgan fingerprint density at radius 3 is 1.76 bits per heavy atom. The third kappa shape index (κ3) is 18.5. The molecule has 14 heteroatoms. The molecule has 6 N–H and O–H groups in total. The Bertz CT molecular complexity index is 1640. The minimum Gasteiger partial charge on any atom is -0.491 e. The van der Waals surface area contributed by atoms with Crippen LogP contribution in [0.4, 0.5) is 0 Å². The second-order valence-electron chi connectivity index (χ2n) is 13.7. The van der Waals surface area contributed by atoms with E-state index in [0.29, 0.717) is 39.0 Å². The number of ether oxygens (including phenoxy) is 2. The van der Waals surface area contributed by atoms with E-state index >= 15 is 0 Å². The van der Waals surface area contributed by atoms with Gasteiger partial charge in [-0.2, -0.15) is 0 Å². The summed E-state index contributed by atoms with van der Waals surface area (Å²) in [4.78, 5) is 36.0. The van der Waals surface area contributed by atoms with Crippen molar-refractivity contribution in [1.82, 2.24) is 31.2 Å². The second kappa shape index (κ2) is 25.3. The molecule has 2 aromatic heterocycles. The molecule has 2 heterocycles. The van der Waals surface area contributed by atoms with Gasteiger partial charge in [0, 0.05) is 73.6 Å². The van der Waals surface area contributed by atoms with Gasteiger partial charge in [-0.1, -0.05) is 36.4 Å². The Morgan fingerprint density at radius 2 is 1.20 bits per heavy atom. The number of hydrogen-bond acceptors (Lipinski definition) is 12. The van der Waals surface area contributed by atoms with Gasteiger partial charge in [0.15, 0.2) is 0 Å². The molecule has 300 valence electrons. The van der Waals surface area contributed by atoms with Crippen LogP contribution < -0.4 is 30.7 Å². The molecule has 0 aliphatic rings. The minimum absolute atomic E-state index is 0.000621. The van der Waals surface area contributed by atoms with E-state index in [0.717, 1.165) is 71.3 Å². The SMILES string of the molecule is CC(Cc1ncc(CCCC(=O)NCCCCNC(=O)CCCc2cnc(C(C)NC[C@H](O)COc3ccccc3)s2)s1)NC[C@H](O)COc1ccccc1. The predicted octanol–water partition coefficient (Wildman–Crippen LogP) is 5.01. The molecule has 4 aromatic rings. The third-order valence-corrected chi connectivity index (χ3v) is 11.0. The zero-order valence-electron chi connectivity index (χ0n) is 32.1. The lowest BCUT2D eigenvalue weighted by Crippen LogP contribution is -2.37. The van der Waals surface area contributed by atoms with Gasteiger partial charge in [0.05, 0.1) is 11.0 Å². The van der Waals surface area contributed by atoms with Crippen LogP contribution in [-0.4, -0.2) is 89.6 Å². The lowest BCUT2D eigenvalue weighted by molar-refractivity contribution is -0.122. The van der Waals surface area contributed by atoms with E-state index in [2.05, 4.69) is 38.2 Å². The fraction of sp³-hybridized carbons (Fsp3) is 0.512. The summed E-state index contributed by atoms with van der Waals surface area (Å²) in [6.45, 7) is 6.57. The zero-order chi connectivity index (χ0) is 39.1. The number of carbonyl (C=O) groups is 2. The number of thiazole rings is 2. The first-order valence-corrected chi connectivity index (χ1v) is 21.0. The molecular formula is C41H58N6O6S2. The molecule has 55 heavy (non-hydrogen) atoms. The van der Waals surface area contributed by atoms with Gasteiger partial charge >= 0.3 is 0 Å². The Kier molecular flexibility index (Phi) is 20.1. The van der Waals surface area contributed by atoms with Gasteiger partial charge in [-0.25, -0.2) is 9.97 Å². The van der Waals surface area contributed by atoms with E-state index in [-0.39, 0.29) is 37.1 Å². The normalized spacial score (nSPS) is 13.5. The van der Waals surface area contributed by atoms with Crippen molar-refractivity contribution in [1.29, 1.82) is 0 Å². The number of unbranched alkanes of at least 4 members (excludes halogenated alkanes) is 1. The molecule has 0 aliphatic carbocycles. The van der Waals surface area contributed by atoms with E-state index in [9.17, 15) is 19.8 Å². The number of aliphatic hydroxyl groups is 2. The fourth-order valence-electron chi connectivity index (χ4n) is 5.53. The van der Waals surface area contributed by atoms with Gasteiger partial charge in [-0.15, -0.1) is 22.7 Å². The number of hydrogen-bond donors (Lipinski definition) is 6. The summed E-state index contributed by atoms with van der Waals surface area (Å²) >= 11 is 3.30. The monoisotopic (exact) mass is 794 g/mol. The summed E-state index contributed by atoms with van der Waals surface area (Å²) in [6, 6.07) is 19.1. The first kappa shape index (κ1) is 43.8. The third-order valence-electron chi connectivity index (χ3n) is 8.66. The lowest BCUT2D eigenvalue weighted by Gasteiger charge is -2.17. The highest BCUT2D eigenvalue weighted by Crippen LogP contribution is 2.22. The van der Waals surface area contributed by atoms with E-state index in [1.54, 1.807) is 22.7 Å². The van der Waals surface area contributed by atoms with E-state index in [1.165, 1.54) is 4.88 Å². The van der Waals surface area contributed by atoms with Crippen LogP contribution in [0, 0.1) is 0 Å². The summed E-state index contributed by atoms with van der Waals surface area (Å²) < 4.78 is 11.2. The van der Waals surface area contributed by atoms with Gasteiger partial charge in [-0.05, 0) is 76.6 Å². The Labute approximate surface area is 333 Å². The van der Waals surface area contributed by atoms with Crippen LogP contribution in [0.1, 0.15) is 78.2 Å². The van der Waals surface area contributed by atoms with E-state index in [1.807, 2.05) is 80.0 Å². The summed E-state index contributed by atoms with van der Waals surface area (Å²) in [5.41, 5.74) is 0. The van der Waals surface area contributed by atoms with Crippen molar-refractivity contribution >= 4 is 34.5 Å². The van der Waals surface area contributed by atoms with Crippen LogP contribution in [-0.2, 0) is 28.9 Å². The summed E-state index contributed by atoms with van der Waals surface area (Å²) in [5.74, 6) is 1.56. The van der Waals surface area contributed by atoms with Crippen molar-refractivity contribution in [2.24, 2.45) is 0 Å². The standard InChI is InChI=1S/C41H58N6O6S2/c1-30(44-24-32(48)28-52-34-13-5-3-6-14-34)23-40-46-26-36(54-40)17-11-19-38(50)42-21-9-10-22-43-39(51)20-12-18-37-27-47-41(55-37)31(2)45-25-33(49)29-53-35-15-7-4-8-16-35/h3-8,13-16,26-27,30-33,44-45,48-49H,9-12,17-25,28-29H2,1-2H3,(H,42,50)(H,43,51)/t30?,31?,32-,33-/m0/s1. The number of aryl methyl sites for hydroxylation is 2. The highest BCUT2D eigenvalue weighted by molar-refractivity contribution is 7.11. The van der Waals surface area contributed by atoms with Crippen LogP contribution in [0.3, 0.4) is 0 Å². The molecule has 12 nitrogen and oxygen atoms in total. The van der Waals surface area contributed by atoms with Crippen molar-refractivity contribution in [3.05, 3.63) is 92.8 Å². The number of benzene rings is 2. The molecular weight excluding hydrogens is 737 g/mol. The van der Waals surface area contributed by atoms with Crippen molar-refractivity contribution in [3.63, 3.8) is 0 Å². The summed E-state index contributed by atoms with van der Waals surface area (Å²) in [5, 5.41) is 35.1. The van der Waals surface area contributed by atoms with E-state index in [4.69, 9.17) is 9.47 Å². The average Bonchev–Trinajstić information content (AvgIpc) is 3.86. The van der Waals surface area contributed by atoms with Crippen molar-refractivity contribution in [3.8, 4) is 11.5 Å². The highest BCUT2D eigenvalue weighted by Gasteiger charge is 2.14. The van der Waals surface area contributed by atoms with Crippen molar-refractivity contribution in [2.75, 3.05) is 39.4 Å². The van der Waals surface area contributed by atoms with Crippen LogP contribution >= 0.6 is 22.7 Å². The molecule has 0 aliphatic heterocycles. The van der Waals surface area contributed by atoms with Gasteiger partial charge in [0.25, 0.3) is 0 Å².